The highest BCUT2D eigenvalue weighted by atomic mass is 19.1. The maximum absolute atomic E-state index is 13.0. The van der Waals surface area contributed by atoms with Crippen LogP contribution in [0.1, 0.15) is 18.2 Å². The summed E-state index contributed by atoms with van der Waals surface area (Å²) in [6.07, 6.45) is 2.80. The Labute approximate surface area is 107 Å². The van der Waals surface area contributed by atoms with Crippen molar-refractivity contribution >= 4 is 5.95 Å². The van der Waals surface area contributed by atoms with E-state index in [1.807, 2.05) is 19.2 Å². The summed E-state index contributed by atoms with van der Waals surface area (Å²) in [6.45, 7) is 5.70. The van der Waals surface area contributed by atoms with Gasteiger partial charge in [0.25, 0.3) is 0 Å². The van der Waals surface area contributed by atoms with E-state index in [0.717, 1.165) is 36.7 Å². The van der Waals surface area contributed by atoms with Crippen LogP contribution in [0.2, 0.25) is 0 Å². The molecule has 1 heterocycles. The number of nitrogens with zero attached hydrogens (tertiary/aromatic N) is 2. The van der Waals surface area contributed by atoms with Crippen LogP contribution in [-0.4, -0.2) is 16.1 Å². The van der Waals surface area contributed by atoms with Crippen molar-refractivity contribution in [3.05, 3.63) is 47.5 Å². The van der Waals surface area contributed by atoms with Gasteiger partial charge in [0.1, 0.15) is 5.82 Å². The quantitative estimate of drug-likeness (QED) is 0.880. The normalized spacial score (nSPS) is 10.6. The number of benzene rings is 1. The van der Waals surface area contributed by atoms with Gasteiger partial charge in [-0.2, -0.15) is 0 Å². The molecule has 0 aliphatic carbocycles. The van der Waals surface area contributed by atoms with Crippen LogP contribution in [0.25, 0.3) is 0 Å². The van der Waals surface area contributed by atoms with Gasteiger partial charge in [0.05, 0.1) is 5.69 Å². The molecule has 0 saturated heterocycles. The highest BCUT2D eigenvalue weighted by molar-refractivity contribution is 5.29. The Morgan fingerprint density at radius 1 is 1.39 bits per heavy atom. The van der Waals surface area contributed by atoms with Crippen LogP contribution in [0.3, 0.4) is 0 Å². The summed E-state index contributed by atoms with van der Waals surface area (Å²) in [4.78, 5) is 4.41. The largest absolute Gasteiger partial charge is 0.355 e. The number of halogens is 1. The first-order valence-electron chi connectivity index (χ1n) is 6.21. The lowest BCUT2D eigenvalue weighted by Gasteiger charge is -2.07. The summed E-state index contributed by atoms with van der Waals surface area (Å²) < 4.78 is 15.1. The molecule has 3 nitrogen and oxygen atoms in total. The van der Waals surface area contributed by atoms with E-state index in [1.54, 1.807) is 12.1 Å². The minimum Gasteiger partial charge on any atom is -0.355 e. The summed E-state index contributed by atoms with van der Waals surface area (Å²) in [5, 5.41) is 3.28. The predicted octanol–water partition coefficient (Wildman–Crippen LogP) is 3.01. The van der Waals surface area contributed by atoms with Crippen molar-refractivity contribution in [2.45, 2.75) is 26.8 Å². The summed E-state index contributed by atoms with van der Waals surface area (Å²) in [7, 11) is 0. The van der Waals surface area contributed by atoms with Gasteiger partial charge in [0.2, 0.25) is 5.95 Å². The average Bonchev–Trinajstić information content (AvgIpc) is 2.70. The van der Waals surface area contributed by atoms with Gasteiger partial charge in [-0.15, -0.1) is 0 Å². The van der Waals surface area contributed by atoms with Crippen molar-refractivity contribution in [2.75, 3.05) is 11.9 Å². The molecule has 0 aliphatic heterocycles. The first-order chi connectivity index (χ1) is 8.69. The average molecular weight is 247 g/mol. The van der Waals surface area contributed by atoms with E-state index < -0.39 is 0 Å². The number of nitrogens with one attached hydrogen (secondary N) is 1. The van der Waals surface area contributed by atoms with Crippen LogP contribution < -0.4 is 5.32 Å². The van der Waals surface area contributed by atoms with Crippen molar-refractivity contribution in [2.24, 2.45) is 0 Å². The molecule has 96 valence electrons. The fourth-order valence-electron chi connectivity index (χ4n) is 1.94. The number of anilines is 1. The van der Waals surface area contributed by atoms with Gasteiger partial charge in [-0.25, -0.2) is 9.37 Å². The molecule has 2 rings (SSSR count). The molecule has 18 heavy (non-hydrogen) atoms. The van der Waals surface area contributed by atoms with E-state index >= 15 is 0 Å². The summed E-state index contributed by atoms with van der Waals surface area (Å²) in [6, 6.07) is 6.70. The van der Waals surface area contributed by atoms with Crippen LogP contribution in [0.5, 0.6) is 0 Å². The molecule has 2 aromatic rings. The molecule has 0 spiro atoms. The number of aromatic nitrogens is 2. The third-order valence-corrected chi connectivity index (χ3v) is 2.82. The van der Waals surface area contributed by atoms with Crippen LogP contribution in [0.15, 0.2) is 30.5 Å². The second-order valence-electron chi connectivity index (χ2n) is 4.30. The SMILES string of the molecule is CCn1cc(C)nc1NCCc1cccc(F)c1. The number of rotatable bonds is 5. The number of aryl methyl sites for hydroxylation is 2. The molecule has 1 N–H and O–H groups in total. The topological polar surface area (TPSA) is 29.9 Å². The zero-order chi connectivity index (χ0) is 13.0. The Hall–Kier alpha value is -1.84. The second-order valence-corrected chi connectivity index (χ2v) is 4.30. The van der Waals surface area contributed by atoms with E-state index in [9.17, 15) is 4.39 Å². The molecule has 0 bridgehead atoms. The van der Waals surface area contributed by atoms with Crippen molar-refractivity contribution in [3.63, 3.8) is 0 Å². The smallest absolute Gasteiger partial charge is 0.203 e. The molecular weight excluding hydrogens is 229 g/mol. The van der Waals surface area contributed by atoms with E-state index in [1.165, 1.54) is 6.07 Å². The second kappa shape index (κ2) is 5.67. The molecule has 0 aliphatic rings. The van der Waals surface area contributed by atoms with Crippen molar-refractivity contribution < 1.29 is 4.39 Å². The lowest BCUT2D eigenvalue weighted by molar-refractivity contribution is 0.625. The first-order valence-corrected chi connectivity index (χ1v) is 6.21. The van der Waals surface area contributed by atoms with Crippen molar-refractivity contribution in [3.8, 4) is 0 Å². The van der Waals surface area contributed by atoms with Crippen molar-refractivity contribution in [1.29, 1.82) is 0 Å². The third-order valence-electron chi connectivity index (χ3n) is 2.82. The van der Waals surface area contributed by atoms with Gasteiger partial charge in [-0.05, 0) is 38.0 Å². The first kappa shape index (κ1) is 12.6. The minimum absolute atomic E-state index is 0.182. The Morgan fingerprint density at radius 2 is 2.22 bits per heavy atom. The highest BCUT2D eigenvalue weighted by Crippen LogP contribution is 2.09. The molecule has 1 aromatic heterocycles. The third kappa shape index (κ3) is 3.09. The molecule has 0 atom stereocenters. The van der Waals surface area contributed by atoms with E-state index in [4.69, 9.17) is 0 Å². The highest BCUT2D eigenvalue weighted by Gasteiger charge is 2.03. The molecule has 0 fully saturated rings. The molecule has 0 unspecified atom stereocenters. The van der Waals surface area contributed by atoms with E-state index in [2.05, 4.69) is 21.8 Å². The van der Waals surface area contributed by atoms with Gasteiger partial charge in [0, 0.05) is 19.3 Å². The van der Waals surface area contributed by atoms with Gasteiger partial charge in [0.15, 0.2) is 0 Å². The Balaban J connectivity index is 1.92. The van der Waals surface area contributed by atoms with Crippen LogP contribution in [0, 0.1) is 12.7 Å². The molecular formula is C14H18FN3. The van der Waals surface area contributed by atoms with Crippen LogP contribution >= 0.6 is 0 Å². The molecule has 0 amide bonds. The summed E-state index contributed by atoms with van der Waals surface area (Å²) in [5.41, 5.74) is 2.00. The molecule has 0 radical (unpaired) electrons. The minimum atomic E-state index is -0.182. The van der Waals surface area contributed by atoms with Gasteiger partial charge >= 0.3 is 0 Å². The van der Waals surface area contributed by atoms with Gasteiger partial charge < -0.3 is 9.88 Å². The Bertz CT molecular complexity index is 520. The van der Waals surface area contributed by atoms with Gasteiger partial charge in [-0.1, -0.05) is 12.1 Å². The predicted molar refractivity (Wildman–Crippen MR) is 71.2 cm³/mol. The Kier molecular flexibility index (Phi) is 3.97. The fraction of sp³-hybridized carbons (Fsp3) is 0.357. The zero-order valence-electron chi connectivity index (χ0n) is 10.8. The lowest BCUT2D eigenvalue weighted by atomic mass is 10.1. The Morgan fingerprint density at radius 3 is 2.94 bits per heavy atom. The lowest BCUT2D eigenvalue weighted by Crippen LogP contribution is -2.10. The summed E-state index contributed by atoms with van der Waals surface area (Å²) >= 11 is 0. The van der Waals surface area contributed by atoms with Crippen LogP contribution in [0.4, 0.5) is 10.3 Å². The maximum Gasteiger partial charge on any atom is 0.203 e. The number of hydrogen-bond acceptors (Lipinski definition) is 2. The zero-order valence-corrected chi connectivity index (χ0v) is 10.8. The molecule has 1 aromatic carbocycles. The van der Waals surface area contributed by atoms with E-state index in [0.29, 0.717) is 0 Å². The molecule has 4 heteroatoms. The van der Waals surface area contributed by atoms with Crippen LogP contribution in [-0.2, 0) is 13.0 Å². The number of imidazole rings is 1. The standard InChI is InChI=1S/C14H18FN3/c1-3-18-10-11(2)17-14(18)16-8-7-12-5-4-6-13(15)9-12/h4-6,9-10H,3,7-8H2,1-2H3,(H,16,17). The maximum atomic E-state index is 13.0. The van der Waals surface area contributed by atoms with E-state index in [-0.39, 0.29) is 5.82 Å². The fourth-order valence-corrected chi connectivity index (χ4v) is 1.94. The molecule has 0 saturated carbocycles. The van der Waals surface area contributed by atoms with Crippen molar-refractivity contribution in [1.82, 2.24) is 9.55 Å². The van der Waals surface area contributed by atoms with Gasteiger partial charge in [-0.3, -0.25) is 0 Å². The summed E-state index contributed by atoms with van der Waals surface area (Å²) in [5.74, 6) is 0.699. The monoisotopic (exact) mass is 247 g/mol. The number of hydrogen-bond donors (Lipinski definition) is 1.